The van der Waals surface area contributed by atoms with Crippen LogP contribution in [0.5, 0.6) is 5.75 Å². The Morgan fingerprint density at radius 2 is 1.86 bits per heavy atom. The lowest BCUT2D eigenvalue weighted by atomic mass is 10.0. The molecular formula is C28H34N2O7. The van der Waals surface area contributed by atoms with E-state index < -0.39 is 42.1 Å². The molecule has 0 aromatic heterocycles. The predicted molar refractivity (Wildman–Crippen MR) is 135 cm³/mol. The number of nitrogens with one attached hydrogen (secondary N) is 1. The van der Waals surface area contributed by atoms with Crippen molar-refractivity contribution in [3.8, 4) is 5.75 Å². The van der Waals surface area contributed by atoms with Crippen molar-refractivity contribution < 1.29 is 33.7 Å². The zero-order chi connectivity index (χ0) is 26.4. The van der Waals surface area contributed by atoms with Crippen LogP contribution in [0, 0.1) is 0 Å². The van der Waals surface area contributed by atoms with Gasteiger partial charge in [0.15, 0.2) is 0 Å². The second-order valence-corrected chi connectivity index (χ2v) is 9.48. The minimum absolute atomic E-state index is 0.166. The topological polar surface area (TPSA) is 114 Å². The molecule has 0 saturated carbocycles. The number of para-hydroxylation sites is 1. The van der Waals surface area contributed by atoms with Crippen molar-refractivity contribution in [2.45, 2.75) is 70.1 Å². The minimum Gasteiger partial charge on any atom is -0.490 e. The SMILES string of the molecule is CCOC(=O)C(CC1Cc2ccccc2O1)N[C@@H](C)C(=O)N1C[C@H](OCc2ccccc2)CC1C(=O)O. The van der Waals surface area contributed by atoms with Gasteiger partial charge in [-0.3, -0.25) is 14.9 Å². The summed E-state index contributed by atoms with van der Waals surface area (Å²) in [6, 6.07) is 14.7. The highest BCUT2D eigenvalue weighted by Gasteiger charge is 2.42. The number of benzene rings is 2. The second-order valence-electron chi connectivity index (χ2n) is 9.48. The molecule has 198 valence electrons. The largest absolute Gasteiger partial charge is 0.490 e. The number of carbonyl (C=O) groups is 3. The van der Waals surface area contributed by atoms with Gasteiger partial charge in [0.2, 0.25) is 5.91 Å². The molecule has 9 nitrogen and oxygen atoms in total. The minimum atomic E-state index is -1.08. The van der Waals surface area contributed by atoms with E-state index in [0.717, 1.165) is 16.9 Å². The quantitative estimate of drug-likeness (QED) is 0.444. The molecule has 3 unspecified atom stereocenters. The molecule has 4 rings (SSSR count). The fourth-order valence-electron chi connectivity index (χ4n) is 4.93. The molecule has 1 amide bonds. The lowest BCUT2D eigenvalue weighted by Gasteiger charge is -2.28. The first-order chi connectivity index (χ1) is 17.9. The standard InChI is InChI=1S/C28H34N2O7/c1-3-35-28(34)23(14-21-13-20-11-7-8-12-25(20)37-21)29-18(2)26(31)30-16-22(15-24(30)27(32)33)36-17-19-9-5-4-6-10-19/h4-12,18,21-24,29H,3,13-17H2,1-2H3,(H,32,33)/t18-,21?,22+,23?,24?/m0/s1. The van der Waals surface area contributed by atoms with Crippen LogP contribution in [0.15, 0.2) is 54.6 Å². The van der Waals surface area contributed by atoms with E-state index >= 15 is 0 Å². The zero-order valence-corrected chi connectivity index (χ0v) is 21.2. The van der Waals surface area contributed by atoms with E-state index in [1.54, 1.807) is 13.8 Å². The summed E-state index contributed by atoms with van der Waals surface area (Å²) in [6.07, 6.45) is 0.537. The summed E-state index contributed by atoms with van der Waals surface area (Å²) in [4.78, 5) is 39.4. The van der Waals surface area contributed by atoms with Gasteiger partial charge in [0.25, 0.3) is 0 Å². The first-order valence-corrected chi connectivity index (χ1v) is 12.7. The fraction of sp³-hybridized carbons (Fsp3) is 0.464. The van der Waals surface area contributed by atoms with Crippen molar-refractivity contribution in [3.05, 3.63) is 65.7 Å². The fourth-order valence-corrected chi connectivity index (χ4v) is 4.93. The first kappa shape index (κ1) is 26.6. The van der Waals surface area contributed by atoms with Crippen molar-refractivity contribution in [2.24, 2.45) is 0 Å². The average Bonchev–Trinajstić information content (AvgIpc) is 3.51. The number of carbonyl (C=O) groups excluding carboxylic acids is 2. The van der Waals surface area contributed by atoms with Gasteiger partial charge < -0.3 is 24.2 Å². The monoisotopic (exact) mass is 510 g/mol. The summed E-state index contributed by atoms with van der Waals surface area (Å²) < 4.78 is 17.2. The Balaban J connectivity index is 1.38. The van der Waals surface area contributed by atoms with Crippen LogP contribution in [0.2, 0.25) is 0 Å². The average molecular weight is 511 g/mol. The summed E-state index contributed by atoms with van der Waals surface area (Å²) in [7, 11) is 0. The third-order valence-corrected chi connectivity index (χ3v) is 6.76. The second kappa shape index (κ2) is 12.2. The summed E-state index contributed by atoms with van der Waals surface area (Å²) in [5, 5.41) is 12.9. The lowest BCUT2D eigenvalue weighted by molar-refractivity contribution is -0.150. The number of esters is 1. The number of rotatable bonds is 11. The number of hydrogen-bond donors (Lipinski definition) is 2. The van der Waals surface area contributed by atoms with Crippen LogP contribution in [0.4, 0.5) is 0 Å². The normalized spacial score (nSPS) is 22.1. The summed E-state index contributed by atoms with van der Waals surface area (Å²) in [6.45, 7) is 4.07. The van der Waals surface area contributed by atoms with Gasteiger partial charge in [0, 0.05) is 25.8 Å². The molecule has 2 N–H and O–H groups in total. The molecule has 2 aliphatic heterocycles. The molecule has 0 spiro atoms. The van der Waals surface area contributed by atoms with Gasteiger partial charge in [-0.1, -0.05) is 48.5 Å². The molecule has 2 aromatic carbocycles. The van der Waals surface area contributed by atoms with Crippen molar-refractivity contribution in [1.82, 2.24) is 10.2 Å². The van der Waals surface area contributed by atoms with Crippen LogP contribution in [0.1, 0.15) is 37.8 Å². The molecule has 1 fully saturated rings. The molecule has 0 aliphatic carbocycles. The van der Waals surface area contributed by atoms with Gasteiger partial charge in [0.1, 0.15) is 23.9 Å². The Morgan fingerprint density at radius 1 is 1.14 bits per heavy atom. The number of carboxylic acid groups (broad SMARTS) is 1. The van der Waals surface area contributed by atoms with Crippen LogP contribution >= 0.6 is 0 Å². The number of aliphatic carboxylic acids is 1. The molecule has 9 heteroatoms. The molecule has 2 aromatic rings. The van der Waals surface area contributed by atoms with E-state index in [1.807, 2.05) is 54.6 Å². The predicted octanol–water partition coefficient (Wildman–Crippen LogP) is 2.56. The molecule has 2 heterocycles. The van der Waals surface area contributed by atoms with Crippen LogP contribution in [0.3, 0.4) is 0 Å². The van der Waals surface area contributed by atoms with E-state index in [4.69, 9.17) is 14.2 Å². The lowest BCUT2D eigenvalue weighted by Crippen LogP contribution is -2.54. The zero-order valence-electron chi connectivity index (χ0n) is 21.2. The van der Waals surface area contributed by atoms with E-state index in [0.29, 0.717) is 19.4 Å². The molecule has 1 saturated heterocycles. The summed E-state index contributed by atoms with van der Waals surface area (Å²) >= 11 is 0. The third kappa shape index (κ3) is 6.67. The van der Waals surface area contributed by atoms with E-state index in [9.17, 15) is 19.5 Å². The highest BCUT2D eigenvalue weighted by molar-refractivity contribution is 5.88. The number of nitrogens with zero attached hydrogens (tertiary/aromatic N) is 1. The van der Waals surface area contributed by atoms with Crippen LogP contribution in [-0.4, -0.2) is 71.3 Å². The highest BCUT2D eigenvalue weighted by atomic mass is 16.5. The number of likely N-dealkylation sites (tertiary alicyclic amines) is 1. The molecule has 0 bridgehead atoms. The molecule has 2 aliphatic rings. The molecule has 5 atom stereocenters. The van der Waals surface area contributed by atoms with Crippen molar-refractivity contribution >= 4 is 17.8 Å². The van der Waals surface area contributed by atoms with E-state index in [-0.39, 0.29) is 25.7 Å². The van der Waals surface area contributed by atoms with E-state index in [2.05, 4.69) is 5.32 Å². The van der Waals surface area contributed by atoms with Crippen molar-refractivity contribution in [1.29, 1.82) is 0 Å². The molecule has 37 heavy (non-hydrogen) atoms. The summed E-state index contributed by atoms with van der Waals surface area (Å²) in [5.41, 5.74) is 2.05. The van der Waals surface area contributed by atoms with Gasteiger partial charge >= 0.3 is 11.9 Å². The van der Waals surface area contributed by atoms with Crippen molar-refractivity contribution in [3.63, 3.8) is 0 Å². The number of ether oxygens (including phenoxy) is 3. The first-order valence-electron chi connectivity index (χ1n) is 12.7. The van der Waals surface area contributed by atoms with Gasteiger partial charge in [-0.25, -0.2) is 4.79 Å². The molecular weight excluding hydrogens is 476 g/mol. The molecule has 0 radical (unpaired) electrons. The van der Waals surface area contributed by atoms with Crippen LogP contribution in [0.25, 0.3) is 0 Å². The van der Waals surface area contributed by atoms with Crippen LogP contribution < -0.4 is 10.1 Å². The number of amides is 1. The number of carboxylic acids is 1. The third-order valence-electron chi connectivity index (χ3n) is 6.76. The van der Waals surface area contributed by atoms with Gasteiger partial charge in [-0.2, -0.15) is 0 Å². The van der Waals surface area contributed by atoms with Crippen LogP contribution in [-0.2, 0) is 36.9 Å². The Bertz CT molecular complexity index is 1070. The van der Waals surface area contributed by atoms with Gasteiger partial charge in [-0.05, 0) is 31.0 Å². The van der Waals surface area contributed by atoms with E-state index in [1.165, 1.54) is 4.90 Å². The Morgan fingerprint density at radius 3 is 2.57 bits per heavy atom. The van der Waals surface area contributed by atoms with Crippen molar-refractivity contribution in [2.75, 3.05) is 13.2 Å². The maximum atomic E-state index is 13.4. The highest BCUT2D eigenvalue weighted by Crippen LogP contribution is 2.30. The summed E-state index contributed by atoms with van der Waals surface area (Å²) in [5.74, 6) is -1.15. The Kier molecular flexibility index (Phi) is 8.78. The maximum Gasteiger partial charge on any atom is 0.326 e. The maximum absolute atomic E-state index is 13.4. The Hall–Kier alpha value is -3.43. The Labute approximate surface area is 216 Å². The number of fused-ring (bicyclic) bond motifs is 1. The smallest absolute Gasteiger partial charge is 0.326 e. The van der Waals surface area contributed by atoms with Gasteiger partial charge in [-0.15, -0.1) is 0 Å². The number of hydrogen-bond acceptors (Lipinski definition) is 7. The van der Waals surface area contributed by atoms with Gasteiger partial charge in [0.05, 0.1) is 25.4 Å².